The SMILES string of the molecule is CC(=O)c1cccc(NC(=O)c2ccc(Cl)c(S(N)(=O)=O)c2)c1. The Morgan fingerprint density at radius 3 is 2.39 bits per heavy atom. The lowest BCUT2D eigenvalue weighted by Gasteiger charge is -2.08. The van der Waals surface area contributed by atoms with E-state index in [-0.39, 0.29) is 21.3 Å². The van der Waals surface area contributed by atoms with E-state index in [4.69, 9.17) is 16.7 Å². The summed E-state index contributed by atoms with van der Waals surface area (Å²) >= 11 is 5.77. The molecule has 0 atom stereocenters. The zero-order valence-electron chi connectivity index (χ0n) is 12.0. The van der Waals surface area contributed by atoms with Gasteiger partial charge in [0.05, 0.1) is 5.02 Å². The summed E-state index contributed by atoms with van der Waals surface area (Å²) in [5, 5.41) is 7.57. The summed E-state index contributed by atoms with van der Waals surface area (Å²) in [6, 6.07) is 10.1. The maximum atomic E-state index is 12.2. The highest BCUT2D eigenvalue weighted by atomic mass is 35.5. The standard InChI is InChI=1S/C15H13ClN2O4S/c1-9(19)10-3-2-4-12(7-10)18-15(20)11-5-6-13(16)14(8-11)23(17,21)22/h2-8H,1H3,(H,18,20)(H2,17,21,22). The van der Waals surface area contributed by atoms with E-state index in [1.165, 1.54) is 25.1 Å². The Morgan fingerprint density at radius 2 is 1.78 bits per heavy atom. The largest absolute Gasteiger partial charge is 0.322 e. The number of Topliss-reactive ketones (excluding diaryl/α,β-unsaturated/α-hetero) is 1. The van der Waals surface area contributed by atoms with E-state index < -0.39 is 15.9 Å². The molecule has 2 aromatic rings. The van der Waals surface area contributed by atoms with E-state index in [1.54, 1.807) is 18.2 Å². The van der Waals surface area contributed by atoms with Crippen LogP contribution in [-0.4, -0.2) is 20.1 Å². The predicted molar refractivity (Wildman–Crippen MR) is 87.2 cm³/mol. The molecular weight excluding hydrogens is 340 g/mol. The molecule has 0 saturated carbocycles. The highest BCUT2D eigenvalue weighted by Crippen LogP contribution is 2.22. The minimum Gasteiger partial charge on any atom is -0.322 e. The molecular formula is C15H13ClN2O4S. The Balaban J connectivity index is 2.32. The van der Waals surface area contributed by atoms with Crippen LogP contribution >= 0.6 is 11.6 Å². The number of carbonyl (C=O) groups is 2. The van der Waals surface area contributed by atoms with Crippen LogP contribution in [0.25, 0.3) is 0 Å². The van der Waals surface area contributed by atoms with Gasteiger partial charge in [-0.25, -0.2) is 13.6 Å². The molecule has 1 amide bonds. The molecule has 2 aromatic carbocycles. The van der Waals surface area contributed by atoms with Crippen molar-refractivity contribution in [3.8, 4) is 0 Å². The number of carbonyl (C=O) groups excluding carboxylic acids is 2. The van der Waals surface area contributed by atoms with Gasteiger partial charge in [0.15, 0.2) is 5.78 Å². The van der Waals surface area contributed by atoms with Crippen LogP contribution in [0.15, 0.2) is 47.4 Å². The molecule has 0 aliphatic rings. The third-order valence-electron chi connectivity index (χ3n) is 3.03. The van der Waals surface area contributed by atoms with Gasteiger partial charge in [-0.2, -0.15) is 0 Å². The molecule has 0 radical (unpaired) electrons. The maximum absolute atomic E-state index is 12.2. The van der Waals surface area contributed by atoms with Gasteiger partial charge in [-0.1, -0.05) is 23.7 Å². The monoisotopic (exact) mass is 352 g/mol. The predicted octanol–water partition coefficient (Wildman–Crippen LogP) is 2.44. The number of halogens is 1. The Labute approximate surface area is 138 Å². The van der Waals surface area contributed by atoms with E-state index in [0.717, 1.165) is 6.07 Å². The van der Waals surface area contributed by atoms with Crippen molar-refractivity contribution in [1.29, 1.82) is 0 Å². The lowest BCUT2D eigenvalue weighted by Crippen LogP contribution is -2.16. The fourth-order valence-electron chi connectivity index (χ4n) is 1.88. The molecule has 23 heavy (non-hydrogen) atoms. The van der Waals surface area contributed by atoms with Gasteiger partial charge in [-0.15, -0.1) is 0 Å². The average Bonchev–Trinajstić information content (AvgIpc) is 2.46. The first-order valence-corrected chi connectivity index (χ1v) is 8.35. The lowest BCUT2D eigenvalue weighted by atomic mass is 10.1. The maximum Gasteiger partial charge on any atom is 0.255 e. The quantitative estimate of drug-likeness (QED) is 0.824. The smallest absolute Gasteiger partial charge is 0.255 e. The Kier molecular flexibility index (Phi) is 4.84. The number of hydrogen-bond donors (Lipinski definition) is 2. The molecule has 2 rings (SSSR count). The van der Waals surface area contributed by atoms with Gasteiger partial charge >= 0.3 is 0 Å². The lowest BCUT2D eigenvalue weighted by molar-refractivity contribution is 0.101. The van der Waals surface area contributed by atoms with Crippen molar-refractivity contribution in [2.45, 2.75) is 11.8 Å². The summed E-state index contributed by atoms with van der Waals surface area (Å²) < 4.78 is 22.9. The van der Waals surface area contributed by atoms with Crippen LogP contribution in [0, 0.1) is 0 Å². The first-order valence-electron chi connectivity index (χ1n) is 6.43. The van der Waals surface area contributed by atoms with E-state index in [2.05, 4.69) is 5.32 Å². The summed E-state index contributed by atoms with van der Waals surface area (Å²) in [4.78, 5) is 23.2. The molecule has 0 aromatic heterocycles. The van der Waals surface area contributed by atoms with Crippen LogP contribution in [0.1, 0.15) is 27.6 Å². The van der Waals surface area contributed by atoms with E-state index in [1.807, 2.05) is 0 Å². The molecule has 0 unspecified atom stereocenters. The van der Waals surface area contributed by atoms with Gasteiger partial charge in [0.25, 0.3) is 5.91 Å². The van der Waals surface area contributed by atoms with Crippen molar-refractivity contribution < 1.29 is 18.0 Å². The summed E-state index contributed by atoms with van der Waals surface area (Å²) in [7, 11) is -4.04. The molecule has 0 fully saturated rings. The molecule has 0 saturated heterocycles. The Morgan fingerprint density at radius 1 is 1.09 bits per heavy atom. The van der Waals surface area contributed by atoms with Gasteiger partial charge in [0.1, 0.15) is 4.90 Å². The minimum absolute atomic E-state index is 0.0670. The molecule has 6 nitrogen and oxygen atoms in total. The third-order valence-corrected chi connectivity index (χ3v) is 4.42. The van der Waals surface area contributed by atoms with Crippen molar-refractivity contribution >= 4 is 39.0 Å². The summed E-state index contributed by atoms with van der Waals surface area (Å²) in [5.74, 6) is -0.684. The van der Waals surface area contributed by atoms with Gasteiger partial charge in [-0.3, -0.25) is 9.59 Å². The number of anilines is 1. The number of primary sulfonamides is 1. The Hall–Kier alpha value is -2.22. The molecule has 8 heteroatoms. The minimum atomic E-state index is -4.04. The van der Waals surface area contributed by atoms with E-state index >= 15 is 0 Å². The molecule has 0 aliphatic heterocycles. The fourth-order valence-corrected chi connectivity index (χ4v) is 2.95. The number of ketones is 1. The second-order valence-corrected chi connectivity index (χ2v) is 6.72. The van der Waals surface area contributed by atoms with Gasteiger partial charge in [0.2, 0.25) is 10.0 Å². The van der Waals surface area contributed by atoms with Crippen LogP contribution in [-0.2, 0) is 10.0 Å². The van der Waals surface area contributed by atoms with E-state index in [0.29, 0.717) is 11.3 Å². The number of nitrogens with one attached hydrogen (secondary N) is 1. The van der Waals surface area contributed by atoms with Gasteiger partial charge in [-0.05, 0) is 37.3 Å². The average molecular weight is 353 g/mol. The fraction of sp³-hybridized carbons (Fsp3) is 0.0667. The highest BCUT2D eigenvalue weighted by molar-refractivity contribution is 7.89. The van der Waals surface area contributed by atoms with Crippen molar-refractivity contribution in [3.63, 3.8) is 0 Å². The zero-order valence-corrected chi connectivity index (χ0v) is 13.6. The van der Waals surface area contributed by atoms with Crippen LogP contribution in [0.5, 0.6) is 0 Å². The molecule has 120 valence electrons. The summed E-state index contributed by atoms with van der Waals surface area (Å²) in [6.07, 6.45) is 0. The second-order valence-electron chi connectivity index (χ2n) is 4.78. The Bertz CT molecular complexity index is 894. The molecule has 3 N–H and O–H groups in total. The number of amides is 1. The second kappa shape index (κ2) is 6.49. The van der Waals surface area contributed by atoms with Crippen molar-refractivity contribution in [1.82, 2.24) is 0 Å². The number of hydrogen-bond acceptors (Lipinski definition) is 4. The normalized spacial score (nSPS) is 11.1. The first-order chi connectivity index (χ1) is 10.7. The van der Waals surface area contributed by atoms with Crippen molar-refractivity contribution in [2.75, 3.05) is 5.32 Å². The van der Waals surface area contributed by atoms with Crippen molar-refractivity contribution in [2.24, 2.45) is 5.14 Å². The van der Waals surface area contributed by atoms with Gasteiger partial charge in [0, 0.05) is 16.8 Å². The zero-order chi connectivity index (χ0) is 17.2. The van der Waals surface area contributed by atoms with Crippen LogP contribution < -0.4 is 10.5 Å². The summed E-state index contributed by atoms with van der Waals surface area (Å²) in [6.45, 7) is 1.42. The molecule has 0 aliphatic carbocycles. The third kappa shape index (κ3) is 4.16. The number of rotatable bonds is 4. The molecule has 0 spiro atoms. The first kappa shape index (κ1) is 17.1. The molecule has 0 bridgehead atoms. The van der Waals surface area contributed by atoms with E-state index in [9.17, 15) is 18.0 Å². The van der Waals surface area contributed by atoms with Crippen molar-refractivity contribution in [3.05, 3.63) is 58.6 Å². The number of benzene rings is 2. The van der Waals surface area contributed by atoms with Crippen LogP contribution in [0.4, 0.5) is 5.69 Å². The highest BCUT2D eigenvalue weighted by Gasteiger charge is 2.16. The topological polar surface area (TPSA) is 106 Å². The number of nitrogens with two attached hydrogens (primary N) is 1. The summed E-state index contributed by atoms with van der Waals surface area (Å²) in [5.41, 5.74) is 0.936. The molecule has 0 heterocycles. The van der Waals surface area contributed by atoms with Gasteiger partial charge < -0.3 is 5.32 Å². The number of sulfonamides is 1. The van der Waals surface area contributed by atoms with Crippen LogP contribution in [0.3, 0.4) is 0 Å². The van der Waals surface area contributed by atoms with Crippen LogP contribution in [0.2, 0.25) is 5.02 Å².